The van der Waals surface area contributed by atoms with Gasteiger partial charge in [0.25, 0.3) is 0 Å². The molecule has 1 aliphatic carbocycles. The number of allylic oxidation sites excluding steroid dienone is 4. The minimum atomic E-state index is 0. The molecule has 0 nitrogen and oxygen atoms in total. The van der Waals surface area contributed by atoms with Gasteiger partial charge < -0.3 is 0 Å². The molecule has 0 amide bonds. The minimum Gasteiger partial charge on any atom is -0.0779 e. The topological polar surface area (TPSA) is 0 Å². The summed E-state index contributed by atoms with van der Waals surface area (Å²) in [6, 6.07) is 0. The van der Waals surface area contributed by atoms with Gasteiger partial charge in [0, 0.05) is 16.8 Å². The predicted molar refractivity (Wildman–Crippen MR) is 27.4 cm³/mol. The second-order valence-corrected chi connectivity index (χ2v) is 1.63. The molecule has 0 aliphatic heterocycles. The number of hydrogen-bond acceptors (Lipinski definition) is 0. The largest absolute Gasteiger partial charge is 0.0779 e. The summed E-state index contributed by atoms with van der Waals surface area (Å²) < 4.78 is 0. The fourth-order valence-electron chi connectivity index (χ4n) is 0.543. The van der Waals surface area contributed by atoms with Crippen LogP contribution in [0.5, 0.6) is 0 Å². The van der Waals surface area contributed by atoms with Crippen molar-refractivity contribution < 1.29 is 16.8 Å². The standard InChI is InChI=1S/C6H8.Co/c1-6-4-2-3-5-6;/h2-6H,1H3;. The maximum Gasteiger partial charge on any atom is 0 e. The van der Waals surface area contributed by atoms with E-state index in [1.165, 1.54) is 0 Å². The van der Waals surface area contributed by atoms with Crippen molar-refractivity contribution >= 4 is 0 Å². The zero-order valence-electron chi connectivity index (χ0n) is 4.22. The second-order valence-electron chi connectivity index (χ2n) is 1.63. The van der Waals surface area contributed by atoms with Crippen LogP contribution >= 0.6 is 0 Å². The Balaban J connectivity index is 0.000000360. The molecule has 7 heavy (non-hydrogen) atoms. The molecule has 1 radical (unpaired) electrons. The summed E-state index contributed by atoms with van der Waals surface area (Å²) in [5.41, 5.74) is 0. The summed E-state index contributed by atoms with van der Waals surface area (Å²) in [5.74, 6) is 0.685. The third-order valence-electron chi connectivity index (χ3n) is 0.940. The van der Waals surface area contributed by atoms with Crippen LogP contribution in [0.3, 0.4) is 0 Å². The van der Waals surface area contributed by atoms with Crippen LogP contribution in [0.25, 0.3) is 0 Å². The fourth-order valence-corrected chi connectivity index (χ4v) is 0.543. The molecule has 0 unspecified atom stereocenters. The van der Waals surface area contributed by atoms with Crippen molar-refractivity contribution in [3.8, 4) is 0 Å². The van der Waals surface area contributed by atoms with Crippen molar-refractivity contribution in [3.63, 3.8) is 0 Å². The molecule has 0 heterocycles. The van der Waals surface area contributed by atoms with E-state index in [0.29, 0.717) is 5.92 Å². The fraction of sp³-hybridized carbons (Fsp3) is 0.333. The molecule has 0 aromatic heterocycles. The zero-order valence-corrected chi connectivity index (χ0v) is 5.26. The molecule has 0 bridgehead atoms. The molecule has 0 N–H and O–H groups in total. The average Bonchev–Trinajstić information content (AvgIpc) is 1.86. The Bertz CT molecular complexity index is 80.4. The van der Waals surface area contributed by atoms with Gasteiger partial charge in [-0.1, -0.05) is 31.2 Å². The van der Waals surface area contributed by atoms with Crippen LogP contribution < -0.4 is 0 Å². The number of rotatable bonds is 0. The van der Waals surface area contributed by atoms with Crippen molar-refractivity contribution in [2.45, 2.75) is 6.92 Å². The van der Waals surface area contributed by atoms with Crippen LogP contribution in [0.15, 0.2) is 24.3 Å². The monoisotopic (exact) mass is 139 g/mol. The molecular weight excluding hydrogens is 131 g/mol. The Morgan fingerprint density at radius 3 is 1.71 bits per heavy atom. The first-order valence-corrected chi connectivity index (χ1v) is 2.24. The van der Waals surface area contributed by atoms with E-state index in [1.54, 1.807) is 0 Å². The summed E-state index contributed by atoms with van der Waals surface area (Å²) in [5, 5.41) is 0. The first kappa shape index (κ1) is 6.99. The molecule has 0 aromatic rings. The zero-order chi connectivity index (χ0) is 4.41. The van der Waals surface area contributed by atoms with E-state index in [0.717, 1.165) is 0 Å². The third-order valence-corrected chi connectivity index (χ3v) is 0.940. The summed E-state index contributed by atoms with van der Waals surface area (Å²) >= 11 is 0. The van der Waals surface area contributed by atoms with Gasteiger partial charge in [0.1, 0.15) is 0 Å². The van der Waals surface area contributed by atoms with Crippen molar-refractivity contribution in [3.05, 3.63) is 24.3 Å². The van der Waals surface area contributed by atoms with Crippen molar-refractivity contribution in [1.82, 2.24) is 0 Å². The summed E-state index contributed by atoms with van der Waals surface area (Å²) in [7, 11) is 0. The average molecular weight is 139 g/mol. The predicted octanol–water partition coefficient (Wildman–Crippen LogP) is 1.75. The van der Waals surface area contributed by atoms with Crippen LogP contribution in [0.1, 0.15) is 6.92 Å². The van der Waals surface area contributed by atoms with Gasteiger partial charge in [-0.3, -0.25) is 0 Å². The third kappa shape index (κ3) is 1.95. The van der Waals surface area contributed by atoms with Crippen LogP contribution in [0.2, 0.25) is 0 Å². The molecule has 1 heteroatoms. The Labute approximate surface area is 54.5 Å². The van der Waals surface area contributed by atoms with Gasteiger partial charge in [-0.15, -0.1) is 0 Å². The van der Waals surface area contributed by atoms with E-state index in [1.807, 2.05) is 0 Å². The van der Waals surface area contributed by atoms with Gasteiger partial charge in [0.2, 0.25) is 0 Å². The smallest absolute Gasteiger partial charge is 0 e. The van der Waals surface area contributed by atoms with Gasteiger partial charge in [-0.2, -0.15) is 0 Å². The van der Waals surface area contributed by atoms with E-state index >= 15 is 0 Å². The molecule has 0 saturated carbocycles. The minimum absolute atomic E-state index is 0. The van der Waals surface area contributed by atoms with E-state index < -0.39 is 0 Å². The molecule has 0 aromatic carbocycles. The SMILES string of the molecule is CC1C=CC=C1.[Co]. The Morgan fingerprint density at radius 1 is 1.14 bits per heavy atom. The summed E-state index contributed by atoms with van der Waals surface area (Å²) in [6.45, 7) is 2.17. The molecule has 0 spiro atoms. The van der Waals surface area contributed by atoms with Crippen molar-refractivity contribution in [2.24, 2.45) is 5.92 Å². The Kier molecular flexibility index (Phi) is 3.04. The molecule has 1 aliphatic rings. The van der Waals surface area contributed by atoms with Crippen LogP contribution in [0, 0.1) is 5.92 Å². The van der Waals surface area contributed by atoms with E-state index in [4.69, 9.17) is 0 Å². The van der Waals surface area contributed by atoms with Crippen LogP contribution in [0.4, 0.5) is 0 Å². The van der Waals surface area contributed by atoms with Gasteiger partial charge in [-0.25, -0.2) is 0 Å². The van der Waals surface area contributed by atoms with E-state index in [9.17, 15) is 0 Å². The van der Waals surface area contributed by atoms with Crippen molar-refractivity contribution in [1.29, 1.82) is 0 Å². The maximum atomic E-state index is 2.17. The normalized spacial score (nSPS) is 17.3. The quantitative estimate of drug-likeness (QED) is 0.479. The first-order valence-electron chi connectivity index (χ1n) is 2.24. The second kappa shape index (κ2) is 3.05. The molecule has 0 fully saturated rings. The van der Waals surface area contributed by atoms with Gasteiger partial charge in [-0.05, 0) is 5.92 Å². The Hall–Kier alpha value is -0.0135. The van der Waals surface area contributed by atoms with Crippen LogP contribution in [-0.2, 0) is 16.8 Å². The molecule has 1 rings (SSSR count). The maximum absolute atomic E-state index is 2.17. The number of hydrogen-bond donors (Lipinski definition) is 0. The summed E-state index contributed by atoms with van der Waals surface area (Å²) in [6.07, 6.45) is 8.48. The summed E-state index contributed by atoms with van der Waals surface area (Å²) in [4.78, 5) is 0. The van der Waals surface area contributed by atoms with E-state index in [2.05, 4.69) is 31.2 Å². The van der Waals surface area contributed by atoms with Gasteiger partial charge in [0.15, 0.2) is 0 Å². The molecule has 0 atom stereocenters. The first-order chi connectivity index (χ1) is 2.89. The molecule has 0 saturated heterocycles. The molecular formula is C6H8Co. The van der Waals surface area contributed by atoms with E-state index in [-0.39, 0.29) is 16.8 Å². The molecule has 41 valence electrons. The van der Waals surface area contributed by atoms with Gasteiger partial charge >= 0.3 is 0 Å². The van der Waals surface area contributed by atoms with Gasteiger partial charge in [0.05, 0.1) is 0 Å². The van der Waals surface area contributed by atoms with Crippen molar-refractivity contribution in [2.75, 3.05) is 0 Å². The van der Waals surface area contributed by atoms with Crippen LogP contribution in [-0.4, -0.2) is 0 Å². The Morgan fingerprint density at radius 2 is 1.57 bits per heavy atom.